The molecule has 0 amide bonds. The van der Waals surface area contributed by atoms with Crippen molar-refractivity contribution in [3.8, 4) is 0 Å². The number of nitrogens with zero attached hydrogens (tertiary/aromatic N) is 4. The van der Waals surface area contributed by atoms with Crippen molar-refractivity contribution in [1.29, 1.82) is 0 Å². The van der Waals surface area contributed by atoms with E-state index in [1.54, 1.807) is 11.9 Å². The van der Waals surface area contributed by atoms with Crippen molar-refractivity contribution in [3.05, 3.63) is 44.8 Å². The molecule has 1 saturated heterocycles. The van der Waals surface area contributed by atoms with E-state index in [1.165, 1.54) is 21.8 Å². The number of pyridine rings is 1. The monoisotopic (exact) mass is 334 g/mol. The van der Waals surface area contributed by atoms with E-state index >= 15 is 0 Å². The van der Waals surface area contributed by atoms with E-state index in [9.17, 15) is 18.9 Å². The topological polar surface area (TPSA) is 95.2 Å². The minimum Gasteiger partial charge on any atom is -0.477 e. The van der Waals surface area contributed by atoms with Gasteiger partial charge in [0.05, 0.1) is 29.6 Å². The van der Waals surface area contributed by atoms with E-state index in [-0.39, 0.29) is 5.39 Å². The number of piperazine rings is 1. The Kier molecular flexibility index (Phi) is 3.92. The second kappa shape index (κ2) is 5.91. The normalized spacial score (nSPS) is 14.9. The van der Waals surface area contributed by atoms with Crippen molar-refractivity contribution < 1.29 is 14.3 Å². The van der Waals surface area contributed by atoms with Gasteiger partial charge in [0.1, 0.15) is 11.4 Å². The Morgan fingerprint density at radius 1 is 1.25 bits per heavy atom. The van der Waals surface area contributed by atoms with Crippen LogP contribution in [-0.4, -0.2) is 46.8 Å². The second-order valence-electron chi connectivity index (χ2n) is 5.63. The molecule has 0 radical (unpaired) electrons. The first-order valence-electron chi connectivity index (χ1n) is 7.31. The van der Waals surface area contributed by atoms with Gasteiger partial charge < -0.3 is 14.6 Å². The first kappa shape index (κ1) is 15.9. The van der Waals surface area contributed by atoms with Crippen LogP contribution in [0.25, 0.3) is 10.9 Å². The lowest BCUT2D eigenvalue weighted by molar-refractivity contribution is 0.0695. The van der Waals surface area contributed by atoms with Crippen LogP contribution >= 0.6 is 0 Å². The van der Waals surface area contributed by atoms with Crippen molar-refractivity contribution in [2.24, 2.45) is 12.3 Å². The summed E-state index contributed by atoms with van der Waals surface area (Å²) in [4.78, 5) is 35.6. The number of carboxylic acids is 1. The Bertz CT molecular complexity index is 887. The molecule has 0 atom stereocenters. The van der Waals surface area contributed by atoms with Crippen molar-refractivity contribution >= 4 is 22.6 Å². The number of rotatable bonds is 3. The van der Waals surface area contributed by atoms with Gasteiger partial charge in [-0.25, -0.2) is 9.18 Å². The summed E-state index contributed by atoms with van der Waals surface area (Å²) in [7, 11) is 1.60. The van der Waals surface area contributed by atoms with Crippen molar-refractivity contribution in [2.75, 3.05) is 31.1 Å². The third-order valence-corrected chi connectivity index (χ3v) is 4.20. The number of aromatic nitrogens is 1. The van der Waals surface area contributed by atoms with Gasteiger partial charge in [0, 0.05) is 31.7 Å². The number of fused-ring (bicyclic) bond motifs is 1. The van der Waals surface area contributed by atoms with Gasteiger partial charge in [0.25, 0.3) is 0 Å². The highest BCUT2D eigenvalue weighted by molar-refractivity contribution is 5.93. The maximum atomic E-state index is 14.5. The van der Waals surface area contributed by atoms with Crippen LogP contribution in [0.2, 0.25) is 0 Å². The number of benzene rings is 1. The van der Waals surface area contributed by atoms with Crippen LogP contribution < -0.4 is 10.3 Å². The number of carbonyl (C=O) groups is 1. The molecule has 1 aliphatic heterocycles. The molecule has 9 heteroatoms. The fourth-order valence-electron chi connectivity index (χ4n) is 2.90. The van der Waals surface area contributed by atoms with Crippen LogP contribution in [0.3, 0.4) is 0 Å². The molecule has 1 N–H and O–H groups in total. The average molecular weight is 334 g/mol. The lowest BCUT2D eigenvalue weighted by atomic mass is 10.1. The fraction of sp³-hybridized carbons (Fsp3) is 0.333. The summed E-state index contributed by atoms with van der Waals surface area (Å²) in [5.41, 5.74) is -0.359. The molecule has 0 bridgehead atoms. The standard InChI is InChI=1S/C15H15FN4O4/c1-18-8-10(15(22)23)14(21)9-6-11(16)13(7-12(9)18)19-2-4-20(17-24)5-3-19/h6-8H,2-5H2,1H3,(H,22,23). The molecule has 8 nitrogen and oxygen atoms in total. The number of halogens is 1. The summed E-state index contributed by atoms with van der Waals surface area (Å²) in [6.07, 6.45) is 1.23. The highest BCUT2D eigenvalue weighted by atomic mass is 19.1. The fourth-order valence-corrected chi connectivity index (χ4v) is 2.90. The summed E-state index contributed by atoms with van der Waals surface area (Å²) in [6, 6.07) is 2.60. The Labute approximate surface area is 135 Å². The number of nitroso groups, excluding NO2 is 1. The molecule has 0 spiro atoms. The Morgan fingerprint density at radius 2 is 1.92 bits per heavy atom. The molecule has 1 fully saturated rings. The largest absolute Gasteiger partial charge is 0.477 e. The lowest BCUT2D eigenvalue weighted by Crippen LogP contribution is -2.44. The molecular weight excluding hydrogens is 319 g/mol. The van der Waals surface area contributed by atoms with Gasteiger partial charge in [-0.05, 0) is 12.1 Å². The Hall–Kier alpha value is -2.97. The summed E-state index contributed by atoms with van der Waals surface area (Å²) in [5.74, 6) is -1.95. The van der Waals surface area contributed by atoms with Gasteiger partial charge in [-0.2, -0.15) is 0 Å². The summed E-state index contributed by atoms with van der Waals surface area (Å²) in [5, 5.41) is 13.3. The van der Waals surface area contributed by atoms with Crippen molar-refractivity contribution in [3.63, 3.8) is 0 Å². The van der Waals surface area contributed by atoms with E-state index in [2.05, 4.69) is 5.29 Å². The zero-order valence-corrected chi connectivity index (χ0v) is 12.9. The molecule has 2 heterocycles. The van der Waals surface area contributed by atoms with Crippen LogP contribution in [-0.2, 0) is 7.05 Å². The predicted molar refractivity (Wildman–Crippen MR) is 85.7 cm³/mol. The molecule has 0 unspecified atom stereocenters. The zero-order valence-electron chi connectivity index (χ0n) is 12.9. The maximum Gasteiger partial charge on any atom is 0.341 e. The van der Waals surface area contributed by atoms with E-state index in [0.29, 0.717) is 37.4 Å². The van der Waals surface area contributed by atoms with Crippen LogP contribution in [0, 0.1) is 10.7 Å². The molecule has 1 aromatic carbocycles. The van der Waals surface area contributed by atoms with Gasteiger partial charge >= 0.3 is 5.97 Å². The molecular formula is C15H15FN4O4. The van der Waals surface area contributed by atoms with E-state index in [4.69, 9.17) is 5.11 Å². The third-order valence-electron chi connectivity index (χ3n) is 4.20. The van der Waals surface area contributed by atoms with Gasteiger partial charge in [0.15, 0.2) is 0 Å². The van der Waals surface area contributed by atoms with Gasteiger partial charge in [-0.15, -0.1) is 4.91 Å². The SMILES string of the molecule is Cn1cc(C(=O)O)c(=O)c2cc(F)c(N3CCN(N=O)CC3)cc21. The third kappa shape index (κ3) is 2.57. The summed E-state index contributed by atoms with van der Waals surface area (Å²) >= 11 is 0. The van der Waals surface area contributed by atoms with Gasteiger partial charge in [-0.1, -0.05) is 0 Å². The van der Waals surface area contributed by atoms with Crippen LogP contribution in [0.5, 0.6) is 0 Å². The molecule has 126 valence electrons. The zero-order chi connectivity index (χ0) is 17.4. The Balaban J connectivity index is 2.09. The average Bonchev–Trinajstić information content (AvgIpc) is 2.57. The van der Waals surface area contributed by atoms with E-state index in [1.807, 2.05) is 0 Å². The summed E-state index contributed by atoms with van der Waals surface area (Å²) < 4.78 is 16.0. The number of hydrogen-bond donors (Lipinski definition) is 1. The molecule has 2 aromatic rings. The second-order valence-corrected chi connectivity index (χ2v) is 5.63. The number of aryl methyl sites for hydroxylation is 1. The minimum absolute atomic E-state index is 0.0202. The number of aromatic carboxylic acids is 1. The highest BCUT2D eigenvalue weighted by Gasteiger charge is 2.22. The minimum atomic E-state index is -1.35. The first-order chi connectivity index (χ1) is 11.4. The van der Waals surface area contributed by atoms with Gasteiger partial charge in [-0.3, -0.25) is 9.80 Å². The van der Waals surface area contributed by atoms with Crippen LogP contribution in [0.4, 0.5) is 10.1 Å². The maximum absolute atomic E-state index is 14.5. The quantitative estimate of drug-likeness (QED) is 0.847. The predicted octanol–water partition coefficient (Wildman–Crippen LogP) is 1.18. The number of carboxylic acid groups (broad SMARTS) is 1. The molecule has 0 aliphatic carbocycles. The van der Waals surface area contributed by atoms with E-state index < -0.39 is 22.8 Å². The molecule has 3 rings (SSSR count). The lowest BCUT2D eigenvalue weighted by Gasteiger charge is -2.33. The van der Waals surface area contributed by atoms with Gasteiger partial charge in [0.2, 0.25) is 5.43 Å². The highest BCUT2D eigenvalue weighted by Crippen LogP contribution is 2.26. The van der Waals surface area contributed by atoms with Crippen molar-refractivity contribution in [1.82, 2.24) is 9.58 Å². The smallest absolute Gasteiger partial charge is 0.341 e. The van der Waals surface area contributed by atoms with E-state index in [0.717, 1.165) is 6.07 Å². The molecule has 1 aromatic heterocycles. The number of hydrogen-bond acceptors (Lipinski definition) is 5. The van der Waals surface area contributed by atoms with Crippen LogP contribution in [0.15, 0.2) is 28.4 Å². The van der Waals surface area contributed by atoms with Crippen molar-refractivity contribution in [2.45, 2.75) is 0 Å². The first-order valence-corrected chi connectivity index (χ1v) is 7.31. The molecule has 1 aliphatic rings. The molecule has 24 heavy (non-hydrogen) atoms. The number of anilines is 1. The molecule has 0 saturated carbocycles. The summed E-state index contributed by atoms with van der Waals surface area (Å²) in [6.45, 7) is 1.63. The Morgan fingerprint density at radius 3 is 2.50 bits per heavy atom. The van der Waals surface area contributed by atoms with Crippen LogP contribution in [0.1, 0.15) is 10.4 Å².